The molecular weight excluding hydrogens is 278 g/mol. The normalized spacial score (nSPS) is 14.1. The molecule has 0 aliphatic heterocycles. The lowest BCUT2D eigenvalue weighted by Gasteiger charge is -2.22. The molecule has 1 saturated carbocycles. The van der Waals surface area contributed by atoms with Gasteiger partial charge >= 0.3 is 5.97 Å². The second kappa shape index (κ2) is 6.75. The van der Waals surface area contributed by atoms with Crippen molar-refractivity contribution in [1.82, 2.24) is 4.90 Å². The molecule has 108 valence electrons. The minimum Gasteiger partial charge on any atom is -0.481 e. The number of amides is 1. The second-order valence-electron chi connectivity index (χ2n) is 5.13. The summed E-state index contributed by atoms with van der Waals surface area (Å²) < 4.78 is 0. The van der Waals surface area contributed by atoms with Gasteiger partial charge in [0.2, 0.25) is 5.91 Å². The summed E-state index contributed by atoms with van der Waals surface area (Å²) in [6.07, 6.45) is 2.83. The Morgan fingerprint density at radius 1 is 1.20 bits per heavy atom. The highest BCUT2D eigenvalue weighted by atomic mass is 35.5. The Morgan fingerprint density at radius 3 is 2.40 bits per heavy atom. The van der Waals surface area contributed by atoms with Crippen LogP contribution in [0.1, 0.15) is 37.7 Å². The van der Waals surface area contributed by atoms with Crippen LogP contribution in [0, 0.1) is 0 Å². The van der Waals surface area contributed by atoms with Crippen LogP contribution in [0.15, 0.2) is 24.3 Å². The van der Waals surface area contributed by atoms with Gasteiger partial charge in [0, 0.05) is 30.5 Å². The molecule has 1 aliphatic carbocycles. The van der Waals surface area contributed by atoms with Gasteiger partial charge in [-0.3, -0.25) is 9.59 Å². The number of carboxylic acid groups (broad SMARTS) is 1. The zero-order valence-electron chi connectivity index (χ0n) is 11.2. The average molecular weight is 296 g/mol. The standard InChI is InChI=1S/C15H18ClNO3/c16-12-6-4-11(5-7-12)10-17(13-8-9-13)14(18)2-1-3-15(19)20/h4-7,13H,1-3,8-10H2,(H,19,20). The van der Waals surface area contributed by atoms with Crippen molar-refractivity contribution in [1.29, 1.82) is 0 Å². The fraction of sp³-hybridized carbons (Fsp3) is 0.467. The van der Waals surface area contributed by atoms with E-state index < -0.39 is 5.97 Å². The molecule has 20 heavy (non-hydrogen) atoms. The smallest absolute Gasteiger partial charge is 0.303 e. The molecule has 0 atom stereocenters. The highest BCUT2D eigenvalue weighted by Gasteiger charge is 2.32. The molecule has 1 aliphatic rings. The molecule has 0 bridgehead atoms. The maximum atomic E-state index is 12.2. The van der Waals surface area contributed by atoms with Crippen LogP contribution in [-0.2, 0) is 16.1 Å². The average Bonchev–Trinajstić information content (AvgIpc) is 3.21. The summed E-state index contributed by atoms with van der Waals surface area (Å²) in [5, 5.41) is 9.29. The minimum atomic E-state index is -0.853. The highest BCUT2D eigenvalue weighted by Crippen LogP contribution is 2.29. The van der Waals surface area contributed by atoms with Crippen molar-refractivity contribution in [2.75, 3.05) is 0 Å². The maximum Gasteiger partial charge on any atom is 0.303 e. The molecule has 0 aromatic heterocycles. The van der Waals surface area contributed by atoms with Crippen LogP contribution in [0.4, 0.5) is 0 Å². The highest BCUT2D eigenvalue weighted by molar-refractivity contribution is 6.30. The predicted molar refractivity (Wildman–Crippen MR) is 76.5 cm³/mol. The molecule has 1 aromatic carbocycles. The third kappa shape index (κ3) is 4.53. The number of aliphatic carboxylic acids is 1. The molecular formula is C15H18ClNO3. The van der Waals surface area contributed by atoms with Gasteiger partial charge in [0.05, 0.1) is 0 Å². The third-order valence-corrected chi connectivity index (χ3v) is 3.61. The predicted octanol–water partition coefficient (Wildman–Crippen LogP) is 3.09. The minimum absolute atomic E-state index is 0.0451. The number of carboxylic acids is 1. The fourth-order valence-electron chi connectivity index (χ4n) is 2.13. The number of benzene rings is 1. The Labute approximate surface area is 123 Å². The van der Waals surface area contributed by atoms with Crippen molar-refractivity contribution in [3.63, 3.8) is 0 Å². The molecule has 5 heteroatoms. The topological polar surface area (TPSA) is 57.6 Å². The lowest BCUT2D eigenvalue weighted by molar-refractivity contribution is -0.137. The number of carbonyl (C=O) groups is 2. The van der Waals surface area contributed by atoms with Crippen LogP contribution >= 0.6 is 11.6 Å². The van der Waals surface area contributed by atoms with E-state index in [9.17, 15) is 9.59 Å². The summed E-state index contributed by atoms with van der Waals surface area (Å²) in [5.41, 5.74) is 1.05. The first-order chi connectivity index (χ1) is 9.56. The molecule has 0 spiro atoms. The van der Waals surface area contributed by atoms with E-state index in [0.717, 1.165) is 18.4 Å². The summed E-state index contributed by atoms with van der Waals surface area (Å²) in [6.45, 7) is 0.577. The Balaban J connectivity index is 1.91. The Morgan fingerprint density at radius 2 is 1.85 bits per heavy atom. The molecule has 1 fully saturated rings. The number of carbonyl (C=O) groups excluding carboxylic acids is 1. The van der Waals surface area contributed by atoms with E-state index in [-0.39, 0.29) is 12.3 Å². The fourth-order valence-corrected chi connectivity index (χ4v) is 2.25. The summed E-state index contributed by atoms with van der Waals surface area (Å²) >= 11 is 5.85. The molecule has 0 heterocycles. The summed E-state index contributed by atoms with van der Waals surface area (Å²) in [4.78, 5) is 24.5. The first-order valence-electron chi connectivity index (χ1n) is 6.82. The summed E-state index contributed by atoms with van der Waals surface area (Å²) in [7, 11) is 0. The van der Waals surface area contributed by atoms with E-state index in [0.29, 0.717) is 30.5 Å². The second-order valence-corrected chi connectivity index (χ2v) is 5.56. The molecule has 2 rings (SSSR count). The number of nitrogens with zero attached hydrogens (tertiary/aromatic N) is 1. The Kier molecular flexibility index (Phi) is 5.01. The van der Waals surface area contributed by atoms with Gasteiger partial charge in [0.15, 0.2) is 0 Å². The monoisotopic (exact) mass is 295 g/mol. The van der Waals surface area contributed by atoms with E-state index in [1.54, 1.807) is 0 Å². The molecule has 0 unspecified atom stereocenters. The molecule has 4 nitrogen and oxygen atoms in total. The van der Waals surface area contributed by atoms with Crippen molar-refractivity contribution in [3.8, 4) is 0 Å². The van der Waals surface area contributed by atoms with Crippen LogP contribution in [0.25, 0.3) is 0 Å². The maximum absolute atomic E-state index is 12.2. The van der Waals surface area contributed by atoms with Gasteiger partial charge in [-0.15, -0.1) is 0 Å². The molecule has 1 aromatic rings. The third-order valence-electron chi connectivity index (χ3n) is 3.36. The molecule has 0 saturated heterocycles. The molecule has 1 amide bonds. The quantitative estimate of drug-likeness (QED) is 0.841. The first kappa shape index (κ1) is 14.9. The van der Waals surface area contributed by atoms with Gasteiger partial charge in [0.1, 0.15) is 0 Å². The van der Waals surface area contributed by atoms with Gasteiger partial charge in [-0.2, -0.15) is 0 Å². The Bertz CT molecular complexity index is 482. The van der Waals surface area contributed by atoms with E-state index >= 15 is 0 Å². The lowest BCUT2D eigenvalue weighted by atomic mass is 10.1. The van der Waals surface area contributed by atoms with E-state index in [2.05, 4.69) is 0 Å². The van der Waals surface area contributed by atoms with Gasteiger partial charge < -0.3 is 10.0 Å². The van der Waals surface area contributed by atoms with Gasteiger partial charge in [-0.05, 0) is 37.0 Å². The van der Waals surface area contributed by atoms with Crippen LogP contribution in [-0.4, -0.2) is 27.9 Å². The van der Waals surface area contributed by atoms with Crippen LogP contribution in [0.5, 0.6) is 0 Å². The van der Waals surface area contributed by atoms with Crippen LogP contribution in [0.3, 0.4) is 0 Å². The van der Waals surface area contributed by atoms with E-state index in [1.807, 2.05) is 29.2 Å². The number of halogens is 1. The van der Waals surface area contributed by atoms with Gasteiger partial charge in [-0.1, -0.05) is 23.7 Å². The van der Waals surface area contributed by atoms with Crippen LogP contribution < -0.4 is 0 Å². The largest absolute Gasteiger partial charge is 0.481 e. The number of hydrogen-bond donors (Lipinski definition) is 1. The van der Waals surface area contributed by atoms with E-state index in [4.69, 9.17) is 16.7 Å². The zero-order valence-corrected chi connectivity index (χ0v) is 12.0. The van der Waals surface area contributed by atoms with Crippen molar-refractivity contribution >= 4 is 23.5 Å². The SMILES string of the molecule is O=C(O)CCCC(=O)N(Cc1ccc(Cl)cc1)C1CC1. The van der Waals surface area contributed by atoms with Gasteiger partial charge in [-0.25, -0.2) is 0 Å². The zero-order chi connectivity index (χ0) is 14.5. The van der Waals surface area contributed by atoms with Gasteiger partial charge in [0.25, 0.3) is 0 Å². The number of hydrogen-bond acceptors (Lipinski definition) is 2. The van der Waals surface area contributed by atoms with E-state index in [1.165, 1.54) is 0 Å². The first-order valence-corrected chi connectivity index (χ1v) is 7.20. The Hall–Kier alpha value is -1.55. The van der Waals surface area contributed by atoms with Crippen LogP contribution in [0.2, 0.25) is 5.02 Å². The lowest BCUT2D eigenvalue weighted by Crippen LogP contribution is -2.32. The summed E-state index contributed by atoms with van der Waals surface area (Å²) in [5.74, 6) is -0.808. The van der Waals surface area contributed by atoms with Crippen molar-refractivity contribution in [2.45, 2.75) is 44.7 Å². The molecule has 1 N–H and O–H groups in total. The van der Waals surface area contributed by atoms with Crippen molar-refractivity contribution in [3.05, 3.63) is 34.9 Å². The van der Waals surface area contributed by atoms with Crippen molar-refractivity contribution < 1.29 is 14.7 Å². The molecule has 0 radical (unpaired) electrons. The summed E-state index contributed by atoms with van der Waals surface area (Å²) in [6, 6.07) is 7.79. The van der Waals surface area contributed by atoms with Crippen molar-refractivity contribution in [2.24, 2.45) is 0 Å². The number of rotatable bonds is 7.